The quantitative estimate of drug-likeness (QED) is 0.907. The largest absolute Gasteiger partial charge is 0.311 e. The molecule has 0 radical (unpaired) electrons. The molecule has 0 aromatic carbocycles. The van der Waals surface area contributed by atoms with Gasteiger partial charge in [-0.3, -0.25) is 9.78 Å². The molecule has 1 aromatic rings. The third-order valence-corrected chi connectivity index (χ3v) is 3.93. The van der Waals surface area contributed by atoms with E-state index >= 15 is 0 Å². The molecule has 2 rings (SSSR count). The van der Waals surface area contributed by atoms with Crippen molar-refractivity contribution in [1.29, 1.82) is 0 Å². The van der Waals surface area contributed by atoms with Crippen LogP contribution in [0, 0.1) is 5.41 Å². The van der Waals surface area contributed by atoms with Gasteiger partial charge in [-0.05, 0) is 43.9 Å². The number of hydrogen-bond donors (Lipinski definition) is 1. The fourth-order valence-corrected chi connectivity index (χ4v) is 2.78. The van der Waals surface area contributed by atoms with Crippen LogP contribution in [0.25, 0.3) is 0 Å². The molecular weight excluding hydrogens is 238 g/mol. The number of nitrogens with zero attached hydrogens (tertiary/aromatic N) is 2. The molecule has 4 heteroatoms. The highest BCUT2D eigenvalue weighted by Gasteiger charge is 2.39. The molecule has 0 spiro atoms. The predicted octanol–water partition coefficient (Wildman–Crippen LogP) is 2.21. The summed E-state index contributed by atoms with van der Waals surface area (Å²) < 4.78 is 0. The fraction of sp³-hybridized carbons (Fsp3) is 0.600. The molecule has 1 fully saturated rings. The molecule has 1 aromatic heterocycles. The number of hydrogen-bond acceptors (Lipinski definition) is 3. The summed E-state index contributed by atoms with van der Waals surface area (Å²) in [5.41, 5.74) is 0.932. The van der Waals surface area contributed by atoms with Crippen LogP contribution in [0.5, 0.6) is 0 Å². The van der Waals surface area contributed by atoms with Crippen LogP contribution in [0.15, 0.2) is 24.5 Å². The average Bonchev–Trinajstić information content (AvgIpc) is 2.40. The molecule has 1 amide bonds. The van der Waals surface area contributed by atoms with Gasteiger partial charge in [-0.2, -0.15) is 0 Å². The van der Waals surface area contributed by atoms with Crippen LogP contribution < -0.4 is 10.2 Å². The number of carbonyl (C=O) groups is 1. The van der Waals surface area contributed by atoms with E-state index in [1.54, 1.807) is 12.4 Å². The normalized spacial score (nSPS) is 21.9. The van der Waals surface area contributed by atoms with Crippen LogP contribution in [-0.2, 0) is 4.79 Å². The van der Waals surface area contributed by atoms with Crippen molar-refractivity contribution in [2.45, 2.75) is 39.7 Å². The van der Waals surface area contributed by atoms with Gasteiger partial charge in [0.05, 0.1) is 6.04 Å². The van der Waals surface area contributed by atoms with Gasteiger partial charge in [0.25, 0.3) is 0 Å². The minimum absolute atomic E-state index is 0.00971. The maximum Gasteiger partial charge on any atom is 0.244 e. The fourth-order valence-electron chi connectivity index (χ4n) is 2.78. The van der Waals surface area contributed by atoms with E-state index in [9.17, 15) is 4.79 Å². The molecule has 0 saturated carbocycles. The molecule has 1 N–H and O–H groups in total. The van der Waals surface area contributed by atoms with Gasteiger partial charge in [0, 0.05) is 24.6 Å². The van der Waals surface area contributed by atoms with Gasteiger partial charge in [-0.25, -0.2) is 0 Å². The van der Waals surface area contributed by atoms with Gasteiger partial charge in [-0.15, -0.1) is 0 Å². The topological polar surface area (TPSA) is 45.2 Å². The molecule has 104 valence electrons. The number of nitrogens with one attached hydrogen (secondary N) is 1. The Hall–Kier alpha value is -1.42. The zero-order chi connectivity index (χ0) is 13.9. The summed E-state index contributed by atoms with van der Waals surface area (Å²) >= 11 is 0. The van der Waals surface area contributed by atoms with Crippen molar-refractivity contribution < 1.29 is 4.79 Å². The Kier molecular flexibility index (Phi) is 4.20. The van der Waals surface area contributed by atoms with Crippen molar-refractivity contribution in [3.8, 4) is 0 Å². The summed E-state index contributed by atoms with van der Waals surface area (Å²) in [6.07, 6.45) is 5.68. The minimum Gasteiger partial charge on any atom is -0.311 e. The molecule has 1 aliphatic rings. The van der Waals surface area contributed by atoms with E-state index in [0.717, 1.165) is 25.1 Å². The standard InChI is InChI=1S/C15H23N3O/c1-4-18(12-6-10-16-11-7-12)14(19)13-15(2,3)8-5-9-17-13/h6-7,10-11,13,17H,4-5,8-9H2,1-3H3. The maximum absolute atomic E-state index is 12.8. The first-order chi connectivity index (χ1) is 9.06. The van der Waals surface area contributed by atoms with E-state index in [1.807, 2.05) is 24.0 Å². The summed E-state index contributed by atoms with van der Waals surface area (Å²) in [6, 6.07) is 3.67. The van der Waals surface area contributed by atoms with Crippen molar-refractivity contribution in [3.05, 3.63) is 24.5 Å². The number of piperidine rings is 1. The van der Waals surface area contributed by atoms with Gasteiger partial charge < -0.3 is 10.2 Å². The van der Waals surface area contributed by atoms with Crippen LogP contribution in [-0.4, -0.2) is 30.0 Å². The third kappa shape index (κ3) is 2.95. The summed E-state index contributed by atoms with van der Waals surface area (Å²) in [7, 11) is 0. The smallest absolute Gasteiger partial charge is 0.244 e. The van der Waals surface area contributed by atoms with Gasteiger partial charge >= 0.3 is 0 Å². The number of pyridine rings is 1. The van der Waals surface area contributed by atoms with Crippen LogP contribution in [0.2, 0.25) is 0 Å². The lowest BCUT2D eigenvalue weighted by Crippen LogP contribution is -2.56. The summed E-state index contributed by atoms with van der Waals surface area (Å²) in [4.78, 5) is 18.6. The molecule has 4 nitrogen and oxygen atoms in total. The molecule has 19 heavy (non-hydrogen) atoms. The highest BCUT2D eigenvalue weighted by molar-refractivity contribution is 5.97. The number of anilines is 1. The van der Waals surface area contributed by atoms with Crippen LogP contribution >= 0.6 is 0 Å². The van der Waals surface area contributed by atoms with Crippen LogP contribution in [0.3, 0.4) is 0 Å². The average molecular weight is 261 g/mol. The van der Waals surface area contributed by atoms with E-state index < -0.39 is 0 Å². The molecule has 2 heterocycles. The maximum atomic E-state index is 12.8. The number of amides is 1. The summed E-state index contributed by atoms with van der Waals surface area (Å²) in [5.74, 6) is 0.165. The summed E-state index contributed by atoms with van der Waals surface area (Å²) in [6.45, 7) is 7.95. The van der Waals surface area contributed by atoms with Gasteiger partial charge in [0.15, 0.2) is 0 Å². The first-order valence-corrected chi connectivity index (χ1v) is 7.01. The van der Waals surface area contributed by atoms with Gasteiger partial charge in [-0.1, -0.05) is 13.8 Å². The van der Waals surface area contributed by atoms with E-state index in [0.29, 0.717) is 6.54 Å². The van der Waals surface area contributed by atoms with Gasteiger partial charge in [0.1, 0.15) is 0 Å². The van der Waals surface area contributed by atoms with Crippen LogP contribution in [0.1, 0.15) is 33.6 Å². The lowest BCUT2D eigenvalue weighted by atomic mass is 9.77. The zero-order valence-corrected chi connectivity index (χ0v) is 12.0. The molecule has 1 atom stereocenters. The zero-order valence-electron chi connectivity index (χ0n) is 12.0. The van der Waals surface area contributed by atoms with Crippen molar-refractivity contribution >= 4 is 11.6 Å². The lowest BCUT2D eigenvalue weighted by molar-refractivity contribution is -0.124. The SMILES string of the molecule is CCN(C(=O)C1NCCCC1(C)C)c1ccncc1. The monoisotopic (exact) mass is 261 g/mol. The Labute approximate surface area is 115 Å². The van der Waals surface area contributed by atoms with Gasteiger partial charge in [0.2, 0.25) is 5.91 Å². The number of rotatable bonds is 3. The second kappa shape index (κ2) is 5.70. The van der Waals surface area contributed by atoms with E-state index in [2.05, 4.69) is 24.1 Å². The Morgan fingerprint density at radius 2 is 2.16 bits per heavy atom. The van der Waals surface area contributed by atoms with E-state index in [4.69, 9.17) is 0 Å². The Morgan fingerprint density at radius 1 is 1.47 bits per heavy atom. The molecule has 0 aliphatic carbocycles. The third-order valence-electron chi connectivity index (χ3n) is 3.93. The van der Waals surface area contributed by atoms with E-state index in [-0.39, 0.29) is 17.4 Å². The number of aromatic nitrogens is 1. The first kappa shape index (κ1) is 14.0. The first-order valence-electron chi connectivity index (χ1n) is 7.01. The number of likely N-dealkylation sites (N-methyl/N-ethyl adjacent to an activating group) is 1. The molecule has 1 aliphatic heterocycles. The predicted molar refractivity (Wildman–Crippen MR) is 77.1 cm³/mol. The summed E-state index contributed by atoms with van der Waals surface area (Å²) in [5, 5.41) is 3.39. The highest BCUT2D eigenvalue weighted by atomic mass is 16.2. The highest BCUT2D eigenvalue weighted by Crippen LogP contribution is 2.31. The van der Waals surface area contributed by atoms with Crippen molar-refractivity contribution in [3.63, 3.8) is 0 Å². The van der Waals surface area contributed by atoms with Crippen molar-refractivity contribution in [1.82, 2.24) is 10.3 Å². The molecule has 1 saturated heterocycles. The molecule has 1 unspecified atom stereocenters. The minimum atomic E-state index is -0.102. The molecule has 0 bridgehead atoms. The second-order valence-electron chi connectivity index (χ2n) is 5.77. The van der Waals surface area contributed by atoms with Crippen molar-refractivity contribution in [2.24, 2.45) is 5.41 Å². The Morgan fingerprint density at radius 3 is 2.74 bits per heavy atom. The Balaban J connectivity index is 2.21. The number of carbonyl (C=O) groups excluding carboxylic acids is 1. The second-order valence-corrected chi connectivity index (χ2v) is 5.77. The van der Waals surface area contributed by atoms with Crippen LogP contribution in [0.4, 0.5) is 5.69 Å². The van der Waals surface area contributed by atoms with Crippen molar-refractivity contribution in [2.75, 3.05) is 18.0 Å². The Bertz CT molecular complexity index is 430. The van der Waals surface area contributed by atoms with E-state index in [1.165, 1.54) is 0 Å². The molecular formula is C15H23N3O. The lowest BCUT2D eigenvalue weighted by Gasteiger charge is -2.40.